The van der Waals surface area contributed by atoms with Crippen LogP contribution in [0.3, 0.4) is 0 Å². The maximum atomic E-state index is 6.26. The minimum absolute atomic E-state index is 0.653. The van der Waals surface area contributed by atoms with Gasteiger partial charge in [-0.2, -0.15) is 0 Å². The summed E-state index contributed by atoms with van der Waals surface area (Å²) in [6.07, 6.45) is 0. The van der Waals surface area contributed by atoms with Crippen LogP contribution in [0.5, 0.6) is 0 Å². The van der Waals surface area contributed by atoms with Crippen molar-refractivity contribution in [2.75, 3.05) is 0 Å². The summed E-state index contributed by atoms with van der Waals surface area (Å²) in [6, 6.07) is 44.1. The van der Waals surface area contributed by atoms with Gasteiger partial charge in [0.05, 0.1) is 22.2 Å². The molecule has 0 atom stereocenters. The van der Waals surface area contributed by atoms with Crippen molar-refractivity contribution in [2.24, 2.45) is 0 Å². The Balaban J connectivity index is 1.44. The third-order valence-corrected chi connectivity index (χ3v) is 8.01. The zero-order chi connectivity index (χ0) is 26.2. The SMILES string of the molecule is c1ccc2c(-c3nc(-n4c5ccccc5c5c6c(ccc54)oc4ccccc46)nc4ccccc34)cccc2c1. The highest BCUT2D eigenvalue weighted by atomic mass is 16.3. The molecule has 9 rings (SSSR count). The van der Waals surface area contributed by atoms with Crippen molar-refractivity contribution < 1.29 is 4.42 Å². The van der Waals surface area contributed by atoms with E-state index in [9.17, 15) is 0 Å². The lowest BCUT2D eigenvalue weighted by molar-refractivity contribution is 0.669. The van der Waals surface area contributed by atoms with Crippen LogP contribution in [0.25, 0.3) is 82.6 Å². The van der Waals surface area contributed by atoms with Crippen LogP contribution in [0.4, 0.5) is 0 Å². The fourth-order valence-corrected chi connectivity index (χ4v) is 6.29. The second-order valence-electron chi connectivity index (χ2n) is 10.2. The van der Waals surface area contributed by atoms with E-state index < -0.39 is 0 Å². The molecule has 0 aliphatic heterocycles. The van der Waals surface area contributed by atoms with E-state index in [0.29, 0.717) is 5.95 Å². The van der Waals surface area contributed by atoms with Crippen molar-refractivity contribution in [1.29, 1.82) is 0 Å². The van der Waals surface area contributed by atoms with Gasteiger partial charge in [-0.15, -0.1) is 0 Å². The summed E-state index contributed by atoms with van der Waals surface area (Å²) >= 11 is 0. The Morgan fingerprint density at radius 2 is 1.20 bits per heavy atom. The molecule has 40 heavy (non-hydrogen) atoms. The van der Waals surface area contributed by atoms with E-state index in [2.05, 4.69) is 114 Å². The summed E-state index contributed by atoms with van der Waals surface area (Å²) in [5.74, 6) is 0.653. The van der Waals surface area contributed by atoms with Crippen molar-refractivity contribution in [3.8, 4) is 17.2 Å². The number of furan rings is 1. The average Bonchev–Trinajstić information content (AvgIpc) is 3.56. The minimum Gasteiger partial charge on any atom is -0.456 e. The lowest BCUT2D eigenvalue weighted by Crippen LogP contribution is -2.03. The van der Waals surface area contributed by atoms with Gasteiger partial charge in [-0.05, 0) is 41.1 Å². The molecule has 0 fully saturated rings. The Kier molecular flexibility index (Phi) is 4.30. The van der Waals surface area contributed by atoms with E-state index in [0.717, 1.165) is 65.9 Å². The number of para-hydroxylation sites is 3. The zero-order valence-corrected chi connectivity index (χ0v) is 21.4. The third kappa shape index (κ3) is 2.90. The zero-order valence-electron chi connectivity index (χ0n) is 21.4. The van der Waals surface area contributed by atoms with Crippen LogP contribution in [-0.4, -0.2) is 14.5 Å². The number of fused-ring (bicyclic) bond motifs is 9. The molecular formula is C36H21N3O. The second-order valence-corrected chi connectivity index (χ2v) is 10.2. The number of nitrogens with zero attached hydrogens (tertiary/aromatic N) is 3. The van der Waals surface area contributed by atoms with Gasteiger partial charge in [0.2, 0.25) is 5.95 Å². The molecule has 0 N–H and O–H groups in total. The Labute approximate surface area is 228 Å². The first-order valence-electron chi connectivity index (χ1n) is 13.4. The lowest BCUT2D eigenvalue weighted by atomic mass is 9.99. The van der Waals surface area contributed by atoms with Crippen molar-refractivity contribution in [1.82, 2.24) is 14.5 Å². The first-order valence-corrected chi connectivity index (χ1v) is 13.4. The molecule has 4 nitrogen and oxygen atoms in total. The number of rotatable bonds is 2. The highest BCUT2D eigenvalue weighted by Crippen LogP contribution is 2.41. The molecule has 9 aromatic rings. The third-order valence-electron chi connectivity index (χ3n) is 8.01. The van der Waals surface area contributed by atoms with E-state index in [1.54, 1.807) is 0 Å². The molecule has 0 spiro atoms. The highest BCUT2D eigenvalue weighted by molar-refractivity contribution is 6.27. The van der Waals surface area contributed by atoms with E-state index >= 15 is 0 Å². The van der Waals surface area contributed by atoms with Crippen LogP contribution in [0.2, 0.25) is 0 Å². The van der Waals surface area contributed by atoms with Gasteiger partial charge in [0, 0.05) is 32.5 Å². The Morgan fingerprint density at radius 3 is 2.12 bits per heavy atom. The van der Waals surface area contributed by atoms with Gasteiger partial charge in [-0.3, -0.25) is 4.57 Å². The lowest BCUT2D eigenvalue weighted by Gasteiger charge is -2.13. The molecule has 186 valence electrons. The van der Waals surface area contributed by atoms with Gasteiger partial charge in [0.25, 0.3) is 0 Å². The van der Waals surface area contributed by atoms with Gasteiger partial charge < -0.3 is 4.42 Å². The van der Waals surface area contributed by atoms with E-state index in [1.165, 1.54) is 10.8 Å². The molecule has 3 heterocycles. The minimum atomic E-state index is 0.653. The van der Waals surface area contributed by atoms with Crippen molar-refractivity contribution in [3.63, 3.8) is 0 Å². The van der Waals surface area contributed by atoms with Crippen LogP contribution < -0.4 is 0 Å². The fraction of sp³-hybridized carbons (Fsp3) is 0. The van der Waals surface area contributed by atoms with Gasteiger partial charge in [0.1, 0.15) is 11.2 Å². The summed E-state index contributed by atoms with van der Waals surface area (Å²) in [7, 11) is 0. The molecule has 0 unspecified atom stereocenters. The molecule has 0 bridgehead atoms. The van der Waals surface area contributed by atoms with E-state index in [1.807, 2.05) is 18.2 Å². The Hall–Kier alpha value is -5.48. The monoisotopic (exact) mass is 511 g/mol. The van der Waals surface area contributed by atoms with Crippen LogP contribution in [0.15, 0.2) is 132 Å². The van der Waals surface area contributed by atoms with Crippen molar-refractivity contribution in [2.45, 2.75) is 0 Å². The maximum absolute atomic E-state index is 6.26. The second kappa shape index (κ2) is 8.01. The quantitative estimate of drug-likeness (QED) is 0.232. The maximum Gasteiger partial charge on any atom is 0.235 e. The van der Waals surface area contributed by atoms with Crippen molar-refractivity contribution in [3.05, 3.63) is 127 Å². The van der Waals surface area contributed by atoms with Gasteiger partial charge in [0.15, 0.2) is 0 Å². The molecule has 3 aromatic heterocycles. The van der Waals surface area contributed by atoms with Crippen LogP contribution in [-0.2, 0) is 0 Å². The number of aromatic nitrogens is 3. The van der Waals surface area contributed by atoms with Gasteiger partial charge >= 0.3 is 0 Å². The number of hydrogen-bond donors (Lipinski definition) is 0. The van der Waals surface area contributed by atoms with Crippen LogP contribution in [0.1, 0.15) is 0 Å². The van der Waals surface area contributed by atoms with Gasteiger partial charge in [-0.1, -0.05) is 97.1 Å². The van der Waals surface area contributed by atoms with Gasteiger partial charge in [-0.25, -0.2) is 9.97 Å². The predicted molar refractivity (Wildman–Crippen MR) is 164 cm³/mol. The molecule has 0 amide bonds. The molecule has 0 saturated heterocycles. The summed E-state index contributed by atoms with van der Waals surface area (Å²) < 4.78 is 8.46. The first-order chi connectivity index (χ1) is 19.8. The van der Waals surface area contributed by atoms with Crippen LogP contribution in [0, 0.1) is 0 Å². The average molecular weight is 512 g/mol. The molecule has 0 aliphatic carbocycles. The highest BCUT2D eigenvalue weighted by Gasteiger charge is 2.21. The Morgan fingerprint density at radius 1 is 0.475 bits per heavy atom. The largest absolute Gasteiger partial charge is 0.456 e. The molecule has 0 aliphatic rings. The molecular weight excluding hydrogens is 490 g/mol. The normalized spacial score (nSPS) is 12.0. The standard InChI is InChI=1S/C36H21N3O/c1-2-12-23-22(10-1)11-9-16-24(23)35-25-13-3-6-17-28(25)37-36(38-35)39-29-18-7-4-14-26(29)33-30(39)20-21-32-34(33)27-15-5-8-19-31(27)40-32/h1-21H. The van der Waals surface area contributed by atoms with Crippen molar-refractivity contribution >= 4 is 65.4 Å². The summed E-state index contributed by atoms with van der Waals surface area (Å²) in [5.41, 5.74) is 6.83. The van der Waals surface area contributed by atoms with Crippen LogP contribution >= 0.6 is 0 Å². The first kappa shape index (κ1) is 21.5. The fourth-order valence-electron chi connectivity index (χ4n) is 6.29. The summed E-state index contributed by atoms with van der Waals surface area (Å²) in [6.45, 7) is 0. The summed E-state index contributed by atoms with van der Waals surface area (Å²) in [4.78, 5) is 10.5. The Bertz CT molecular complexity index is 2440. The molecule has 6 aromatic carbocycles. The predicted octanol–water partition coefficient (Wildman–Crippen LogP) is 9.45. The molecule has 4 heteroatoms. The van der Waals surface area contributed by atoms with E-state index in [4.69, 9.17) is 14.4 Å². The number of hydrogen-bond acceptors (Lipinski definition) is 3. The smallest absolute Gasteiger partial charge is 0.235 e. The number of benzene rings is 6. The topological polar surface area (TPSA) is 43.9 Å². The molecule has 0 radical (unpaired) electrons. The summed E-state index contributed by atoms with van der Waals surface area (Å²) in [5, 5.41) is 7.94. The molecule has 0 saturated carbocycles. The van der Waals surface area contributed by atoms with E-state index in [-0.39, 0.29) is 0 Å².